The van der Waals surface area contributed by atoms with Crippen molar-refractivity contribution >= 4 is 29.9 Å². The zero-order valence-corrected chi connectivity index (χ0v) is 12.1. The summed E-state index contributed by atoms with van der Waals surface area (Å²) in [6.45, 7) is 2.54. The van der Waals surface area contributed by atoms with Crippen molar-refractivity contribution in [2.24, 2.45) is 4.99 Å². The van der Waals surface area contributed by atoms with Gasteiger partial charge in [0.2, 0.25) is 5.88 Å². The number of ether oxygens (including phenoxy) is 1. The molecule has 0 bridgehead atoms. The zero-order chi connectivity index (χ0) is 11.2. The summed E-state index contributed by atoms with van der Waals surface area (Å²) in [7, 11) is 1.63. The van der Waals surface area contributed by atoms with Crippen LogP contribution in [-0.2, 0) is 6.54 Å². The first kappa shape index (κ1) is 14.0. The number of pyridine rings is 1. The van der Waals surface area contributed by atoms with Crippen molar-refractivity contribution < 1.29 is 4.74 Å². The average Bonchev–Trinajstić information content (AvgIpc) is 2.38. The molecule has 0 unspecified atom stereocenters. The number of nitrogens with one attached hydrogen (secondary N) is 2. The quantitative estimate of drug-likeness (QED) is 0.805. The second kappa shape index (κ2) is 7.31. The molecule has 94 valence electrons. The highest BCUT2D eigenvalue weighted by Crippen LogP contribution is 2.12. The van der Waals surface area contributed by atoms with Gasteiger partial charge in [0.15, 0.2) is 5.96 Å². The van der Waals surface area contributed by atoms with E-state index in [-0.39, 0.29) is 24.0 Å². The van der Waals surface area contributed by atoms with Gasteiger partial charge in [0, 0.05) is 31.4 Å². The summed E-state index contributed by atoms with van der Waals surface area (Å²) in [6.07, 6.45) is 2.82. The summed E-state index contributed by atoms with van der Waals surface area (Å²) in [5.74, 6) is 1.52. The van der Waals surface area contributed by atoms with Gasteiger partial charge in [0.25, 0.3) is 0 Å². The fraction of sp³-hybridized carbons (Fsp3) is 0.455. The van der Waals surface area contributed by atoms with Crippen molar-refractivity contribution in [1.29, 1.82) is 0 Å². The predicted octanol–water partition coefficient (Wildman–Crippen LogP) is 1.15. The number of methoxy groups -OCH3 is 1. The molecule has 6 heteroatoms. The first-order valence-corrected chi connectivity index (χ1v) is 5.40. The van der Waals surface area contributed by atoms with Crippen LogP contribution in [0.4, 0.5) is 0 Å². The van der Waals surface area contributed by atoms with Gasteiger partial charge >= 0.3 is 0 Å². The van der Waals surface area contributed by atoms with Crippen molar-refractivity contribution in [2.45, 2.75) is 13.0 Å². The Balaban J connectivity index is 0.00000144. The molecule has 0 aliphatic carbocycles. The van der Waals surface area contributed by atoms with Gasteiger partial charge in [0.05, 0.1) is 7.11 Å². The van der Waals surface area contributed by atoms with Crippen molar-refractivity contribution in [2.75, 3.05) is 20.2 Å². The van der Waals surface area contributed by atoms with E-state index in [0.29, 0.717) is 12.4 Å². The van der Waals surface area contributed by atoms with E-state index in [9.17, 15) is 0 Å². The predicted molar refractivity (Wildman–Crippen MR) is 78.0 cm³/mol. The van der Waals surface area contributed by atoms with E-state index >= 15 is 0 Å². The molecule has 1 aromatic heterocycles. The summed E-state index contributed by atoms with van der Waals surface area (Å²) >= 11 is 0. The first-order valence-electron chi connectivity index (χ1n) is 5.40. The number of aromatic nitrogens is 1. The number of guanidine groups is 1. The van der Waals surface area contributed by atoms with Gasteiger partial charge in [-0.2, -0.15) is 0 Å². The van der Waals surface area contributed by atoms with Crippen LogP contribution in [0.1, 0.15) is 12.0 Å². The van der Waals surface area contributed by atoms with Crippen molar-refractivity contribution in [3.63, 3.8) is 0 Å². The maximum absolute atomic E-state index is 5.17. The van der Waals surface area contributed by atoms with E-state index in [1.165, 1.54) is 0 Å². The standard InChI is InChI=1S/C11H16N4O.HI/c1-16-10-9(4-2-5-12-10)8-15-11-13-6-3-7-14-11;/h2,4-5H,3,6-8H2,1H3,(H2,13,14,15);1H. The lowest BCUT2D eigenvalue weighted by Gasteiger charge is -2.16. The number of rotatable bonds is 3. The molecular formula is C11H17IN4O. The van der Waals surface area contributed by atoms with Crippen LogP contribution in [0.25, 0.3) is 0 Å². The Bertz CT molecular complexity index is 383. The minimum absolute atomic E-state index is 0. The Labute approximate surface area is 118 Å². The number of nitrogens with zero attached hydrogens (tertiary/aromatic N) is 2. The zero-order valence-electron chi connectivity index (χ0n) is 9.77. The topological polar surface area (TPSA) is 58.5 Å². The molecule has 0 atom stereocenters. The molecule has 0 amide bonds. The van der Waals surface area contributed by atoms with Crippen LogP contribution >= 0.6 is 24.0 Å². The van der Waals surface area contributed by atoms with Gasteiger partial charge < -0.3 is 15.4 Å². The summed E-state index contributed by atoms with van der Waals surface area (Å²) in [4.78, 5) is 8.47. The second-order valence-corrected chi connectivity index (χ2v) is 3.54. The van der Waals surface area contributed by atoms with Crippen molar-refractivity contribution in [3.8, 4) is 5.88 Å². The van der Waals surface area contributed by atoms with E-state index in [4.69, 9.17) is 4.74 Å². The van der Waals surface area contributed by atoms with Crippen molar-refractivity contribution in [3.05, 3.63) is 23.9 Å². The fourth-order valence-corrected chi connectivity index (χ4v) is 1.57. The van der Waals surface area contributed by atoms with E-state index < -0.39 is 0 Å². The molecule has 0 spiro atoms. The summed E-state index contributed by atoms with van der Waals surface area (Å²) in [5.41, 5.74) is 1.03. The normalized spacial score (nSPS) is 14.1. The van der Waals surface area contributed by atoms with Crippen LogP contribution in [0.15, 0.2) is 23.3 Å². The van der Waals surface area contributed by atoms with Gasteiger partial charge in [-0.05, 0) is 12.5 Å². The lowest BCUT2D eigenvalue weighted by atomic mass is 10.2. The third-order valence-electron chi connectivity index (χ3n) is 2.39. The monoisotopic (exact) mass is 348 g/mol. The summed E-state index contributed by atoms with van der Waals surface area (Å²) < 4.78 is 5.17. The summed E-state index contributed by atoms with van der Waals surface area (Å²) in [5, 5.41) is 6.44. The summed E-state index contributed by atoms with van der Waals surface area (Å²) in [6, 6.07) is 3.89. The van der Waals surface area contributed by atoms with E-state index in [1.807, 2.05) is 12.1 Å². The Morgan fingerprint density at radius 3 is 3.12 bits per heavy atom. The van der Waals surface area contributed by atoms with Gasteiger partial charge in [-0.15, -0.1) is 24.0 Å². The van der Waals surface area contributed by atoms with Gasteiger partial charge in [-0.1, -0.05) is 6.07 Å². The van der Waals surface area contributed by atoms with Crippen LogP contribution in [0.3, 0.4) is 0 Å². The van der Waals surface area contributed by atoms with E-state index in [2.05, 4.69) is 20.6 Å². The number of halogens is 1. The maximum atomic E-state index is 5.17. The second-order valence-electron chi connectivity index (χ2n) is 3.54. The molecule has 2 N–H and O–H groups in total. The molecule has 1 aromatic rings. The van der Waals surface area contributed by atoms with Gasteiger partial charge in [-0.25, -0.2) is 4.98 Å². The highest BCUT2D eigenvalue weighted by molar-refractivity contribution is 14.0. The van der Waals surface area contributed by atoms with Crippen molar-refractivity contribution in [1.82, 2.24) is 15.6 Å². The molecule has 0 saturated heterocycles. The molecule has 0 fully saturated rings. The Kier molecular flexibility index (Phi) is 6.03. The van der Waals surface area contributed by atoms with Gasteiger partial charge in [-0.3, -0.25) is 4.99 Å². The Hall–Kier alpha value is -1.05. The van der Waals surface area contributed by atoms with Crippen LogP contribution in [0.2, 0.25) is 0 Å². The highest BCUT2D eigenvalue weighted by Gasteiger charge is 2.06. The SMILES string of the molecule is COc1ncccc1CNC1=NCCCN1.I. The Morgan fingerprint density at radius 1 is 1.53 bits per heavy atom. The fourth-order valence-electron chi connectivity index (χ4n) is 1.57. The third kappa shape index (κ3) is 4.03. The molecule has 1 aliphatic rings. The molecule has 5 nitrogen and oxygen atoms in total. The molecule has 0 radical (unpaired) electrons. The highest BCUT2D eigenvalue weighted by atomic mass is 127. The average molecular weight is 348 g/mol. The molecule has 0 aromatic carbocycles. The minimum atomic E-state index is 0. The van der Waals surface area contributed by atoms with Crippen LogP contribution in [0.5, 0.6) is 5.88 Å². The van der Waals surface area contributed by atoms with Gasteiger partial charge in [0.1, 0.15) is 0 Å². The first-order chi connectivity index (χ1) is 7.90. The van der Waals surface area contributed by atoms with E-state index in [0.717, 1.165) is 31.0 Å². The lowest BCUT2D eigenvalue weighted by Crippen LogP contribution is -2.40. The minimum Gasteiger partial charge on any atom is -0.481 e. The molecular weight excluding hydrogens is 331 g/mol. The third-order valence-corrected chi connectivity index (χ3v) is 2.39. The molecule has 0 saturated carbocycles. The molecule has 1 aliphatic heterocycles. The van der Waals surface area contributed by atoms with Crippen LogP contribution in [0, 0.1) is 0 Å². The number of hydrogen-bond donors (Lipinski definition) is 2. The van der Waals surface area contributed by atoms with Crippen LogP contribution in [-0.4, -0.2) is 31.1 Å². The number of aliphatic imine (C=N–C) groups is 1. The largest absolute Gasteiger partial charge is 0.481 e. The number of hydrogen-bond acceptors (Lipinski definition) is 5. The Morgan fingerprint density at radius 2 is 2.41 bits per heavy atom. The maximum Gasteiger partial charge on any atom is 0.218 e. The molecule has 2 heterocycles. The molecule has 17 heavy (non-hydrogen) atoms. The molecule has 2 rings (SSSR count). The lowest BCUT2D eigenvalue weighted by molar-refractivity contribution is 0.392. The van der Waals surface area contributed by atoms with Crippen LogP contribution < -0.4 is 15.4 Å². The smallest absolute Gasteiger partial charge is 0.218 e. The van der Waals surface area contributed by atoms with E-state index in [1.54, 1.807) is 13.3 Å².